The van der Waals surface area contributed by atoms with Gasteiger partial charge in [0, 0.05) is 30.1 Å². The first kappa shape index (κ1) is 13.7. The Balaban J connectivity index is 1.83. The van der Waals surface area contributed by atoms with Gasteiger partial charge in [0.15, 0.2) is 0 Å². The molecular weight excluding hydrogens is 260 g/mol. The summed E-state index contributed by atoms with van der Waals surface area (Å²) in [5.74, 6) is 1.38. The van der Waals surface area contributed by atoms with E-state index in [1.807, 2.05) is 19.2 Å². The molecule has 2 rings (SSSR count). The van der Waals surface area contributed by atoms with Crippen LogP contribution in [0.3, 0.4) is 0 Å². The van der Waals surface area contributed by atoms with Gasteiger partial charge in [-0.25, -0.2) is 15.0 Å². The standard InChI is InChI=1S/C13H18N4OS/c1-3-10-8-15-13(19-10)5-6-14-11-7-12(18-4-2)17-9-16-11/h7-9H,3-6H2,1-2H3,(H,14,16,17). The van der Waals surface area contributed by atoms with Crippen molar-refractivity contribution in [2.45, 2.75) is 26.7 Å². The highest BCUT2D eigenvalue weighted by Crippen LogP contribution is 2.14. The molecule has 0 unspecified atom stereocenters. The summed E-state index contributed by atoms with van der Waals surface area (Å²) in [6.45, 7) is 5.49. The molecule has 0 aromatic carbocycles. The molecule has 6 heteroatoms. The fourth-order valence-corrected chi connectivity index (χ4v) is 2.45. The number of rotatable bonds is 7. The first-order valence-corrected chi connectivity index (χ1v) is 7.25. The SMILES string of the molecule is CCOc1cc(NCCc2ncc(CC)s2)ncn1. The molecule has 0 aliphatic heterocycles. The van der Waals surface area contributed by atoms with Crippen LogP contribution in [0.4, 0.5) is 5.82 Å². The van der Waals surface area contributed by atoms with Crippen molar-refractivity contribution in [3.63, 3.8) is 0 Å². The van der Waals surface area contributed by atoms with Gasteiger partial charge in [0.2, 0.25) is 5.88 Å². The van der Waals surface area contributed by atoms with Gasteiger partial charge in [0.05, 0.1) is 11.6 Å². The number of ether oxygens (including phenoxy) is 1. The van der Waals surface area contributed by atoms with Crippen LogP contribution in [0.5, 0.6) is 5.88 Å². The second kappa shape index (κ2) is 7.04. The largest absolute Gasteiger partial charge is 0.478 e. The van der Waals surface area contributed by atoms with E-state index in [1.165, 1.54) is 11.2 Å². The van der Waals surface area contributed by atoms with E-state index >= 15 is 0 Å². The lowest BCUT2D eigenvalue weighted by atomic mass is 10.4. The number of thiazole rings is 1. The molecule has 0 aliphatic rings. The lowest BCUT2D eigenvalue weighted by Crippen LogP contribution is -2.06. The van der Waals surface area contributed by atoms with Crippen LogP contribution in [0, 0.1) is 0 Å². The Hall–Kier alpha value is -1.69. The minimum Gasteiger partial charge on any atom is -0.478 e. The van der Waals surface area contributed by atoms with Gasteiger partial charge in [-0.1, -0.05) is 6.92 Å². The average Bonchev–Trinajstić information content (AvgIpc) is 2.88. The maximum atomic E-state index is 5.33. The molecule has 0 saturated carbocycles. The van der Waals surface area contributed by atoms with Gasteiger partial charge in [-0.05, 0) is 13.3 Å². The molecule has 0 fully saturated rings. The van der Waals surface area contributed by atoms with Crippen molar-refractivity contribution in [1.29, 1.82) is 0 Å². The first-order chi connectivity index (χ1) is 9.31. The van der Waals surface area contributed by atoms with Crippen LogP contribution in [0.15, 0.2) is 18.6 Å². The van der Waals surface area contributed by atoms with E-state index in [-0.39, 0.29) is 0 Å². The van der Waals surface area contributed by atoms with E-state index in [0.717, 1.165) is 30.2 Å². The number of hydrogen-bond donors (Lipinski definition) is 1. The summed E-state index contributed by atoms with van der Waals surface area (Å²) in [4.78, 5) is 13.9. The first-order valence-electron chi connectivity index (χ1n) is 6.44. The Labute approximate surface area is 117 Å². The number of anilines is 1. The topological polar surface area (TPSA) is 59.9 Å². The molecule has 0 spiro atoms. The van der Waals surface area contributed by atoms with Crippen molar-refractivity contribution in [2.75, 3.05) is 18.5 Å². The van der Waals surface area contributed by atoms with Crippen LogP contribution in [0.1, 0.15) is 23.7 Å². The normalized spacial score (nSPS) is 10.4. The minimum absolute atomic E-state index is 0.600. The predicted molar refractivity (Wildman–Crippen MR) is 76.9 cm³/mol. The molecule has 0 aliphatic carbocycles. The number of hydrogen-bond acceptors (Lipinski definition) is 6. The molecular formula is C13H18N4OS. The highest BCUT2D eigenvalue weighted by atomic mass is 32.1. The smallest absolute Gasteiger partial charge is 0.218 e. The van der Waals surface area contributed by atoms with Gasteiger partial charge in [-0.3, -0.25) is 0 Å². The van der Waals surface area contributed by atoms with Crippen molar-refractivity contribution in [1.82, 2.24) is 15.0 Å². The number of aryl methyl sites for hydroxylation is 1. The summed E-state index contributed by atoms with van der Waals surface area (Å²) >= 11 is 1.77. The monoisotopic (exact) mass is 278 g/mol. The van der Waals surface area contributed by atoms with Crippen LogP contribution in [0.2, 0.25) is 0 Å². The lowest BCUT2D eigenvalue weighted by Gasteiger charge is -2.06. The third kappa shape index (κ3) is 4.17. The summed E-state index contributed by atoms with van der Waals surface area (Å²) < 4.78 is 5.33. The number of nitrogens with zero attached hydrogens (tertiary/aromatic N) is 3. The summed E-state index contributed by atoms with van der Waals surface area (Å²) in [6.07, 6.45) is 5.41. The van der Waals surface area contributed by atoms with Gasteiger partial charge in [0.25, 0.3) is 0 Å². The average molecular weight is 278 g/mol. The Morgan fingerprint density at radius 1 is 1.26 bits per heavy atom. The molecule has 19 heavy (non-hydrogen) atoms. The molecule has 102 valence electrons. The molecule has 0 bridgehead atoms. The Morgan fingerprint density at radius 3 is 2.89 bits per heavy atom. The summed E-state index contributed by atoms with van der Waals surface area (Å²) in [6, 6.07) is 1.81. The van der Waals surface area contributed by atoms with Crippen LogP contribution in [0.25, 0.3) is 0 Å². The molecule has 0 amide bonds. The highest BCUT2D eigenvalue weighted by Gasteiger charge is 2.02. The lowest BCUT2D eigenvalue weighted by molar-refractivity contribution is 0.326. The van der Waals surface area contributed by atoms with Crippen LogP contribution >= 0.6 is 11.3 Å². The molecule has 2 heterocycles. The third-order valence-corrected chi connectivity index (χ3v) is 3.73. The zero-order valence-electron chi connectivity index (χ0n) is 11.2. The van der Waals surface area contributed by atoms with Gasteiger partial charge in [-0.15, -0.1) is 11.3 Å². The van der Waals surface area contributed by atoms with Crippen LogP contribution in [-0.2, 0) is 12.8 Å². The molecule has 2 aromatic rings. The van der Waals surface area contributed by atoms with E-state index < -0.39 is 0 Å². The van der Waals surface area contributed by atoms with Gasteiger partial charge >= 0.3 is 0 Å². The van der Waals surface area contributed by atoms with E-state index in [0.29, 0.717) is 12.5 Å². The summed E-state index contributed by atoms with van der Waals surface area (Å²) in [5, 5.41) is 4.41. The van der Waals surface area contributed by atoms with E-state index in [4.69, 9.17) is 4.74 Å². The molecule has 0 saturated heterocycles. The maximum absolute atomic E-state index is 5.33. The zero-order chi connectivity index (χ0) is 13.5. The predicted octanol–water partition coefficient (Wildman–Crippen LogP) is 2.55. The quantitative estimate of drug-likeness (QED) is 0.843. The van der Waals surface area contributed by atoms with E-state index in [9.17, 15) is 0 Å². The third-order valence-electron chi connectivity index (χ3n) is 2.53. The molecule has 2 aromatic heterocycles. The Kier molecular flexibility index (Phi) is 5.09. The molecule has 0 radical (unpaired) electrons. The van der Waals surface area contributed by atoms with Crippen molar-refractivity contribution in [3.05, 3.63) is 28.5 Å². The Morgan fingerprint density at radius 2 is 2.16 bits per heavy atom. The van der Waals surface area contributed by atoms with Gasteiger partial charge in [-0.2, -0.15) is 0 Å². The second-order valence-electron chi connectivity index (χ2n) is 3.93. The summed E-state index contributed by atoms with van der Waals surface area (Å²) in [5.41, 5.74) is 0. The van der Waals surface area contributed by atoms with E-state index in [2.05, 4.69) is 27.2 Å². The summed E-state index contributed by atoms with van der Waals surface area (Å²) in [7, 11) is 0. The van der Waals surface area contributed by atoms with Crippen molar-refractivity contribution >= 4 is 17.2 Å². The molecule has 5 nitrogen and oxygen atoms in total. The maximum Gasteiger partial charge on any atom is 0.218 e. The van der Waals surface area contributed by atoms with Gasteiger partial charge < -0.3 is 10.1 Å². The van der Waals surface area contributed by atoms with Crippen molar-refractivity contribution < 1.29 is 4.74 Å². The fraction of sp³-hybridized carbons (Fsp3) is 0.462. The Bertz CT molecular complexity index is 515. The van der Waals surface area contributed by atoms with Crippen molar-refractivity contribution in [2.24, 2.45) is 0 Å². The van der Waals surface area contributed by atoms with Crippen LogP contribution < -0.4 is 10.1 Å². The van der Waals surface area contributed by atoms with Crippen molar-refractivity contribution in [3.8, 4) is 5.88 Å². The number of nitrogens with one attached hydrogen (secondary N) is 1. The molecule has 0 atom stereocenters. The number of aromatic nitrogens is 3. The van der Waals surface area contributed by atoms with E-state index in [1.54, 1.807) is 11.3 Å². The minimum atomic E-state index is 0.600. The fourth-order valence-electron chi connectivity index (χ4n) is 1.59. The second-order valence-corrected chi connectivity index (χ2v) is 5.12. The van der Waals surface area contributed by atoms with Crippen LogP contribution in [-0.4, -0.2) is 28.1 Å². The highest BCUT2D eigenvalue weighted by molar-refractivity contribution is 7.11. The van der Waals surface area contributed by atoms with Gasteiger partial charge in [0.1, 0.15) is 12.1 Å². The zero-order valence-corrected chi connectivity index (χ0v) is 12.0. The molecule has 1 N–H and O–H groups in total.